The summed E-state index contributed by atoms with van der Waals surface area (Å²) >= 11 is 0. The van der Waals surface area contributed by atoms with Crippen LogP contribution >= 0.6 is 0 Å². The molecule has 0 atom stereocenters. The zero-order valence-electron chi connectivity index (χ0n) is 10.3. The lowest BCUT2D eigenvalue weighted by molar-refractivity contribution is -0.138. The lowest BCUT2D eigenvalue weighted by atomic mass is 9.58. The van der Waals surface area contributed by atoms with Crippen LogP contribution < -0.4 is 10.9 Å². The Bertz CT molecular complexity index is 538. The Morgan fingerprint density at radius 2 is 2.00 bits per heavy atom. The molecule has 0 aromatic carbocycles. The van der Waals surface area contributed by atoms with Crippen molar-refractivity contribution >= 4 is 0 Å². The first kappa shape index (κ1) is 12.7. The normalized spacial score (nSPS) is 22.1. The zero-order valence-corrected chi connectivity index (χ0v) is 10.3. The quantitative estimate of drug-likeness (QED) is 0.891. The van der Waals surface area contributed by atoms with Crippen molar-refractivity contribution in [2.45, 2.75) is 25.6 Å². The average Bonchev–Trinajstić information content (AvgIpc) is 2.20. The Morgan fingerprint density at radius 3 is 2.53 bits per heavy atom. The van der Waals surface area contributed by atoms with E-state index in [2.05, 4.69) is 5.32 Å². The standard InChI is InChI=1S/C13H15F3N2O/c14-13(15,16)10-1-2-11(19)18(6-10)5-9-3-12(4-9)7-17-8-12/h1-2,6,9,17H,3-5,7-8H2. The number of hydrogen-bond acceptors (Lipinski definition) is 2. The molecule has 1 spiro atoms. The van der Waals surface area contributed by atoms with Gasteiger partial charge in [-0.15, -0.1) is 0 Å². The minimum absolute atomic E-state index is 0.322. The fourth-order valence-electron chi connectivity index (χ4n) is 3.18. The van der Waals surface area contributed by atoms with Crippen LogP contribution in [0.1, 0.15) is 18.4 Å². The first-order chi connectivity index (χ1) is 8.88. The number of rotatable bonds is 2. The van der Waals surface area contributed by atoms with E-state index in [1.54, 1.807) is 0 Å². The Balaban J connectivity index is 1.72. The Morgan fingerprint density at radius 1 is 1.32 bits per heavy atom. The SMILES string of the molecule is O=c1ccc(C(F)(F)F)cn1CC1CC2(CNC2)C1. The molecule has 3 rings (SSSR count). The molecule has 1 N–H and O–H groups in total. The van der Waals surface area contributed by atoms with E-state index in [1.807, 2.05) is 0 Å². The molecule has 2 fully saturated rings. The molecule has 6 heteroatoms. The van der Waals surface area contributed by atoms with E-state index in [1.165, 1.54) is 4.57 Å². The van der Waals surface area contributed by atoms with Gasteiger partial charge in [-0.1, -0.05) is 0 Å². The van der Waals surface area contributed by atoms with Crippen LogP contribution in [0.25, 0.3) is 0 Å². The molecule has 104 valence electrons. The third-order valence-electron chi connectivity index (χ3n) is 4.21. The summed E-state index contributed by atoms with van der Waals surface area (Å²) in [5.41, 5.74) is -0.747. The molecule has 0 bridgehead atoms. The van der Waals surface area contributed by atoms with Crippen LogP contribution in [0.2, 0.25) is 0 Å². The van der Waals surface area contributed by atoms with Gasteiger partial charge in [0.2, 0.25) is 0 Å². The van der Waals surface area contributed by atoms with E-state index in [4.69, 9.17) is 0 Å². The van der Waals surface area contributed by atoms with Gasteiger partial charge in [0.05, 0.1) is 5.56 Å². The minimum atomic E-state index is -4.39. The van der Waals surface area contributed by atoms with E-state index in [0.29, 0.717) is 17.9 Å². The lowest BCUT2D eigenvalue weighted by Crippen LogP contribution is -2.60. The molecule has 1 saturated carbocycles. The van der Waals surface area contributed by atoms with Crippen molar-refractivity contribution in [1.29, 1.82) is 0 Å². The maximum atomic E-state index is 12.6. The second-order valence-electron chi connectivity index (χ2n) is 5.78. The summed E-state index contributed by atoms with van der Waals surface area (Å²) < 4.78 is 39.0. The van der Waals surface area contributed by atoms with Crippen LogP contribution in [0.4, 0.5) is 13.2 Å². The van der Waals surface area contributed by atoms with Crippen LogP contribution in [0, 0.1) is 11.3 Å². The van der Waals surface area contributed by atoms with Crippen LogP contribution in [-0.2, 0) is 12.7 Å². The first-order valence-corrected chi connectivity index (χ1v) is 6.36. The highest BCUT2D eigenvalue weighted by Crippen LogP contribution is 2.48. The first-order valence-electron chi connectivity index (χ1n) is 6.36. The molecule has 0 radical (unpaired) electrons. The van der Waals surface area contributed by atoms with Gasteiger partial charge < -0.3 is 9.88 Å². The molecule has 19 heavy (non-hydrogen) atoms. The minimum Gasteiger partial charge on any atom is -0.316 e. The molecule has 1 aromatic heterocycles. The molecule has 1 aromatic rings. The van der Waals surface area contributed by atoms with Gasteiger partial charge in [0.25, 0.3) is 5.56 Å². The Labute approximate surface area is 108 Å². The predicted octanol–water partition coefficient (Wildman–Crippen LogP) is 1.87. The third kappa shape index (κ3) is 2.29. The summed E-state index contributed by atoms with van der Waals surface area (Å²) in [6.45, 7) is 2.40. The second-order valence-corrected chi connectivity index (χ2v) is 5.78. The Kier molecular flexibility index (Phi) is 2.74. The molecule has 1 saturated heterocycles. The number of hydrogen-bond donors (Lipinski definition) is 1. The molecule has 0 amide bonds. The molecular weight excluding hydrogens is 257 g/mol. The van der Waals surface area contributed by atoms with Gasteiger partial charge in [-0.2, -0.15) is 13.2 Å². The largest absolute Gasteiger partial charge is 0.417 e. The zero-order chi connectivity index (χ0) is 13.7. The molecule has 0 unspecified atom stereocenters. The molecule has 1 aliphatic heterocycles. The fraction of sp³-hybridized carbons (Fsp3) is 0.615. The van der Waals surface area contributed by atoms with Gasteiger partial charge >= 0.3 is 6.18 Å². The van der Waals surface area contributed by atoms with Crippen molar-refractivity contribution in [1.82, 2.24) is 9.88 Å². The number of pyridine rings is 1. The van der Waals surface area contributed by atoms with Crippen molar-refractivity contribution in [2.24, 2.45) is 11.3 Å². The summed E-state index contributed by atoms with van der Waals surface area (Å²) in [6, 6.07) is 1.85. The van der Waals surface area contributed by atoms with Gasteiger partial charge in [-0.25, -0.2) is 0 Å². The maximum absolute atomic E-state index is 12.6. The number of aromatic nitrogens is 1. The number of alkyl halides is 3. The molecular formula is C13H15F3N2O. The molecule has 2 heterocycles. The summed E-state index contributed by atoms with van der Waals surface area (Å²) in [4.78, 5) is 11.6. The van der Waals surface area contributed by atoms with Crippen molar-refractivity contribution in [3.05, 3.63) is 34.2 Å². The lowest BCUT2D eigenvalue weighted by Gasteiger charge is -2.54. The summed E-state index contributed by atoms with van der Waals surface area (Å²) in [5, 5.41) is 3.21. The highest BCUT2D eigenvalue weighted by atomic mass is 19.4. The van der Waals surface area contributed by atoms with Crippen LogP contribution in [-0.4, -0.2) is 17.7 Å². The smallest absolute Gasteiger partial charge is 0.316 e. The number of halogens is 3. The second kappa shape index (κ2) is 4.10. The number of nitrogens with one attached hydrogen (secondary N) is 1. The summed E-state index contributed by atoms with van der Waals surface area (Å²) in [7, 11) is 0. The van der Waals surface area contributed by atoms with Crippen molar-refractivity contribution < 1.29 is 13.2 Å². The van der Waals surface area contributed by atoms with Gasteiger partial charge in [-0.3, -0.25) is 4.79 Å². The van der Waals surface area contributed by atoms with Crippen molar-refractivity contribution in [3.8, 4) is 0 Å². The third-order valence-corrected chi connectivity index (χ3v) is 4.21. The van der Waals surface area contributed by atoms with E-state index < -0.39 is 11.7 Å². The Hall–Kier alpha value is -1.30. The maximum Gasteiger partial charge on any atom is 0.417 e. The van der Waals surface area contributed by atoms with Crippen LogP contribution in [0.3, 0.4) is 0 Å². The number of nitrogens with zero attached hydrogens (tertiary/aromatic N) is 1. The van der Waals surface area contributed by atoms with Crippen LogP contribution in [0.15, 0.2) is 23.1 Å². The average molecular weight is 272 g/mol. The topological polar surface area (TPSA) is 34.0 Å². The van der Waals surface area contributed by atoms with Gasteiger partial charge in [0.15, 0.2) is 0 Å². The molecule has 2 aliphatic rings. The summed E-state index contributed by atoms with van der Waals surface area (Å²) in [6.07, 6.45) is -1.45. The van der Waals surface area contributed by atoms with Crippen LogP contribution in [0.5, 0.6) is 0 Å². The van der Waals surface area contributed by atoms with Gasteiger partial charge in [0.1, 0.15) is 0 Å². The predicted molar refractivity (Wildman–Crippen MR) is 63.7 cm³/mol. The summed E-state index contributed by atoms with van der Waals surface area (Å²) in [5.74, 6) is 0.322. The van der Waals surface area contributed by atoms with Gasteiger partial charge in [-0.05, 0) is 30.2 Å². The highest BCUT2D eigenvalue weighted by molar-refractivity contribution is 5.14. The van der Waals surface area contributed by atoms with Crippen molar-refractivity contribution in [3.63, 3.8) is 0 Å². The van der Waals surface area contributed by atoms with E-state index in [0.717, 1.165) is 44.3 Å². The fourth-order valence-corrected chi connectivity index (χ4v) is 3.18. The van der Waals surface area contributed by atoms with E-state index >= 15 is 0 Å². The van der Waals surface area contributed by atoms with E-state index in [-0.39, 0.29) is 5.56 Å². The monoisotopic (exact) mass is 272 g/mol. The highest BCUT2D eigenvalue weighted by Gasteiger charge is 2.48. The van der Waals surface area contributed by atoms with Gasteiger partial charge in [0, 0.05) is 31.9 Å². The molecule has 1 aliphatic carbocycles. The van der Waals surface area contributed by atoms with Crippen molar-refractivity contribution in [2.75, 3.05) is 13.1 Å². The van der Waals surface area contributed by atoms with E-state index in [9.17, 15) is 18.0 Å². The molecule has 3 nitrogen and oxygen atoms in total.